The van der Waals surface area contributed by atoms with E-state index in [9.17, 15) is 4.79 Å². The number of nitrogens with zero attached hydrogens (tertiary/aromatic N) is 1. The number of benzene rings is 2. The summed E-state index contributed by atoms with van der Waals surface area (Å²) >= 11 is 0. The zero-order valence-corrected chi connectivity index (χ0v) is 15.1. The van der Waals surface area contributed by atoms with E-state index in [-0.39, 0.29) is 0 Å². The molecule has 2 rings (SSSR count). The molecule has 0 radical (unpaired) electrons. The van der Waals surface area contributed by atoms with Crippen LogP contribution in [0.25, 0.3) is 10.8 Å². The molecule has 130 valence electrons. The van der Waals surface area contributed by atoms with Crippen molar-refractivity contribution < 1.29 is 9.53 Å². The second-order valence-corrected chi connectivity index (χ2v) is 6.52. The molecule has 0 saturated heterocycles. The quantitative estimate of drug-likeness (QED) is 0.476. The number of aryl methyl sites for hydroxylation is 1. The van der Waals surface area contributed by atoms with Crippen molar-refractivity contribution >= 4 is 22.4 Å². The predicted molar refractivity (Wildman–Crippen MR) is 101 cm³/mol. The number of hydrogen-bond acceptors (Lipinski definition) is 4. The number of hydrogen-bond donors (Lipinski definition) is 1. The van der Waals surface area contributed by atoms with E-state index in [1.54, 1.807) is 6.92 Å². The number of nitrogens with two attached hydrogens (primary N) is 1. The second kappa shape index (κ2) is 8.15. The molecule has 0 unspecified atom stereocenters. The first kappa shape index (κ1) is 18.3. The number of fused-ring (bicyclic) bond motifs is 1. The lowest BCUT2D eigenvalue weighted by Crippen LogP contribution is -2.31. The lowest BCUT2D eigenvalue weighted by Gasteiger charge is -2.17. The number of unbranched alkanes of at least 4 members (excludes halogenated alkanes) is 2. The van der Waals surface area contributed by atoms with Crippen LogP contribution in [0.15, 0.2) is 30.3 Å². The van der Waals surface area contributed by atoms with Crippen LogP contribution >= 0.6 is 0 Å². The maximum absolute atomic E-state index is 12.1. The van der Waals surface area contributed by atoms with Gasteiger partial charge in [0.25, 0.3) is 0 Å². The molecular formula is C20H28N2O2. The molecule has 4 nitrogen and oxygen atoms in total. The average molecular weight is 328 g/mol. The fraction of sp³-hybridized carbons (Fsp3) is 0.450. The minimum absolute atomic E-state index is 0.393. The predicted octanol–water partition coefficient (Wildman–Crippen LogP) is 3.89. The number of carbonyl (C=O) groups excluding carboxylic acids is 1. The molecule has 4 heteroatoms. The van der Waals surface area contributed by atoms with Gasteiger partial charge in [-0.05, 0) is 48.9 Å². The Morgan fingerprint density at radius 3 is 2.58 bits per heavy atom. The molecule has 0 aliphatic rings. The molecule has 2 N–H and O–H groups in total. The number of carbonyl (C=O) groups is 1. The molecule has 0 amide bonds. The van der Waals surface area contributed by atoms with E-state index in [2.05, 4.69) is 30.0 Å². The summed E-state index contributed by atoms with van der Waals surface area (Å²) in [6, 6.07) is 9.71. The maximum Gasteiger partial charge on any atom is 0.328 e. The Hall–Kier alpha value is -2.07. The normalized spacial score (nSPS) is 12.2. The van der Waals surface area contributed by atoms with Gasteiger partial charge in [-0.1, -0.05) is 31.9 Å². The monoisotopic (exact) mass is 328 g/mol. The van der Waals surface area contributed by atoms with Crippen LogP contribution in [-0.2, 0) is 11.2 Å². The summed E-state index contributed by atoms with van der Waals surface area (Å²) in [5.74, 6) is 0.270. The van der Waals surface area contributed by atoms with Crippen LogP contribution in [0.5, 0.6) is 5.75 Å². The van der Waals surface area contributed by atoms with Crippen molar-refractivity contribution in [1.82, 2.24) is 0 Å². The lowest BCUT2D eigenvalue weighted by atomic mass is 10.00. The SMILES string of the molecule is CCCCCc1ccc2cc(N(C)C)ccc2c1OC(=O)[C@H](C)N. The van der Waals surface area contributed by atoms with E-state index < -0.39 is 12.0 Å². The fourth-order valence-corrected chi connectivity index (χ4v) is 2.69. The summed E-state index contributed by atoms with van der Waals surface area (Å²) in [4.78, 5) is 14.1. The van der Waals surface area contributed by atoms with Gasteiger partial charge in [-0.3, -0.25) is 0 Å². The fourth-order valence-electron chi connectivity index (χ4n) is 2.69. The van der Waals surface area contributed by atoms with Gasteiger partial charge in [-0.25, -0.2) is 4.79 Å². The van der Waals surface area contributed by atoms with Crippen molar-refractivity contribution in [2.24, 2.45) is 5.73 Å². The summed E-state index contributed by atoms with van der Waals surface area (Å²) < 4.78 is 5.67. The molecule has 0 saturated carbocycles. The average Bonchev–Trinajstić information content (AvgIpc) is 2.55. The van der Waals surface area contributed by atoms with Gasteiger partial charge >= 0.3 is 5.97 Å². The molecular weight excluding hydrogens is 300 g/mol. The summed E-state index contributed by atoms with van der Waals surface area (Å²) in [6.45, 7) is 3.83. The van der Waals surface area contributed by atoms with Gasteiger partial charge in [0.2, 0.25) is 0 Å². The highest BCUT2D eigenvalue weighted by molar-refractivity contribution is 5.94. The molecule has 1 atom stereocenters. The summed E-state index contributed by atoms with van der Waals surface area (Å²) in [5.41, 5.74) is 7.87. The first-order valence-corrected chi connectivity index (χ1v) is 8.64. The van der Waals surface area contributed by atoms with Crippen LogP contribution in [0.3, 0.4) is 0 Å². The Labute approximate surface area is 144 Å². The van der Waals surface area contributed by atoms with E-state index in [0.29, 0.717) is 5.75 Å². The summed E-state index contributed by atoms with van der Waals surface area (Å²) in [6.07, 6.45) is 4.31. The Balaban J connectivity index is 2.47. The zero-order valence-electron chi connectivity index (χ0n) is 15.1. The smallest absolute Gasteiger partial charge is 0.328 e. The Morgan fingerprint density at radius 2 is 1.96 bits per heavy atom. The van der Waals surface area contributed by atoms with Gasteiger partial charge in [0, 0.05) is 25.2 Å². The topological polar surface area (TPSA) is 55.6 Å². The highest BCUT2D eigenvalue weighted by Gasteiger charge is 2.16. The third-order valence-corrected chi connectivity index (χ3v) is 4.18. The van der Waals surface area contributed by atoms with Crippen molar-refractivity contribution in [2.45, 2.75) is 45.6 Å². The Morgan fingerprint density at radius 1 is 1.21 bits per heavy atom. The van der Waals surface area contributed by atoms with E-state index in [0.717, 1.165) is 47.7 Å². The highest BCUT2D eigenvalue weighted by Crippen LogP contribution is 2.33. The second-order valence-electron chi connectivity index (χ2n) is 6.52. The van der Waals surface area contributed by atoms with Gasteiger partial charge in [0.05, 0.1) is 0 Å². The van der Waals surface area contributed by atoms with Crippen LogP contribution < -0.4 is 15.4 Å². The van der Waals surface area contributed by atoms with Crippen molar-refractivity contribution in [3.05, 3.63) is 35.9 Å². The van der Waals surface area contributed by atoms with Crippen molar-refractivity contribution in [1.29, 1.82) is 0 Å². The van der Waals surface area contributed by atoms with E-state index >= 15 is 0 Å². The number of rotatable bonds is 7. The molecule has 0 aromatic heterocycles. The Bertz CT molecular complexity index is 708. The zero-order chi connectivity index (χ0) is 17.7. The van der Waals surface area contributed by atoms with Gasteiger partial charge in [0.15, 0.2) is 0 Å². The maximum atomic E-state index is 12.1. The van der Waals surface area contributed by atoms with Crippen molar-refractivity contribution in [3.8, 4) is 5.75 Å². The molecule has 0 heterocycles. The molecule has 0 aliphatic carbocycles. The van der Waals surface area contributed by atoms with E-state index in [1.807, 2.05) is 26.2 Å². The molecule has 0 fully saturated rings. The molecule has 0 aliphatic heterocycles. The van der Waals surface area contributed by atoms with Crippen LogP contribution in [0.4, 0.5) is 5.69 Å². The van der Waals surface area contributed by atoms with Gasteiger partial charge in [0.1, 0.15) is 11.8 Å². The van der Waals surface area contributed by atoms with Crippen molar-refractivity contribution in [3.63, 3.8) is 0 Å². The van der Waals surface area contributed by atoms with E-state index in [4.69, 9.17) is 10.5 Å². The number of esters is 1. The Kier molecular flexibility index (Phi) is 6.21. The van der Waals surface area contributed by atoms with Crippen molar-refractivity contribution in [2.75, 3.05) is 19.0 Å². The first-order valence-electron chi connectivity index (χ1n) is 8.64. The van der Waals surface area contributed by atoms with Gasteiger partial charge in [-0.2, -0.15) is 0 Å². The molecule has 0 bridgehead atoms. The first-order chi connectivity index (χ1) is 11.4. The standard InChI is InChI=1S/C20H28N2O2/c1-5-6-7-8-15-9-10-16-13-17(22(3)4)11-12-18(16)19(15)24-20(23)14(2)21/h9-14H,5-8,21H2,1-4H3/t14-/m0/s1. The molecule has 2 aromatic rings. The summed E-state index contributed by atoms with van der Waals surface area (Å²) in [5, 5.41) is 2.02. The highest BCUT2D eigenvalue weighted by atomic mass is 16.5. The summed E-state index contributed by atoms with van der Waals surface area (Å²) in [7, 11) is 4.02. The molecule has 0 spiro atoms. The van der Waals surface area contributed by atoms with Gasteiger partial charge in [-0.15, -0.1) is 0 Å². The van der Waals surface area contributed by atoms with E-state index in [1.165, 1.54) is 0 Å². The largest absolute Gasteiger partial charge is 0.424 e. The minimum atomic E-state index is -0.634. The third-order valence-electron chi connectivity index (χ3n) is 4.18. The minimum Gasteiger partial charge on any atom is -0.424 e. The van der Waals surface area contributed by atoms with Gasteiger partial charge < -0.3 is 15.4 Å². The van der Waals surface area contributed by atoms with Crippen LogP contribution in [0, 0.1) is 0 Å². The molecule has 2 aromatic carbocycles. The lowest BCUT2D eigenvalue weighted by molar-refractivity contribution is -0.135. The van der Waals surface area contributed by atoms with Crippen LogP contribution in [0.1, 0.15) is 38.7 Å². The molecule has 24 heavy (non-hydrogen) atoms. The third kappa shape index (κ3) is 4.26. The number of ether oxygens (including phenoxy) is 1. The van der Waals surface area contributed by atoms with Crippen LogP contribution in [0.2, 0.25) is 0 Å². The number of anilines is 1. The van der Waals surface area contributed by atoms with Crippen LogP contribution in [-0.4, -0.2) is 26.1 Å².